The zero-order valence-electron chi connectivity index (χ0n) is 11.8. The topological polar surface area (TPSA) is 55.1 Å². The number of hydrogen-bond donors (Lipinski definition) is 2. The lowest BCUT2D eigenvalue weighted by atomic mass is 10.1. The minimum atomic E-state index is -0.110. The first kappa shape index (κ1) is 15.7. The number of hydrogen-bond acceptors (Lipinski definition) is 2. The van der Waals surface area contributed by atoms with Gasteiger partial charge in [0.05, 0.1) is 16.5 Å². The van der Waals surface area contributed by atoms with Gasteiger partial charge in [0, 0.05) is 11.4 Å². The van der Waals surface area contributed by atoms with E-state index in [0.29, 0.717) is 10.0 Å². The molecule has 2 aromatic carbocycles. The van der Waals surface area contributed by atoms with Crippen LogP contribution in [0.25, 0.3) is 0 Å². The standard InChI is InChI=1S/C16H16Cl2N2O/c1-9-6-15(10(2)5-14(9)19)20-16(21)8-11-3-4-12(17)13(18)7-11/h3-7H,8,19H2,1-2H3,(H,20,21). The molecular formula is C16H16Cl2N2O. The van der Waals surface area contributed by atoms with Crippen molar-refractivity contribution in [1.29, 1.82) is 0 Å². The van der Waals surface area contributed by atoms with Crippen LogP contribution in [0.3, 0.4) is 0 Å². The smallest absolute Gasteiger partial charge is 0.228 e. The molecule has 0 atom stereocenters. The van der Waals surface area contributed by atoms with Crippen molar-refractivity contribution in [3.8, 4) is 0 Å². The molecule has 0 unspecified atom stereocenters. The van der Waals surface area contributed by atoms with Gasteiger partial charge < -0.3 is 11.1 Å². The van der Waals surface area contributed by atoms with Gasteiger partial charge in [-0.3, -0.25) is 4.79 Å². The van der Waals surface area contributed by atoms with Gasteiger partial charge in [-0.15, -0.1) is 0 Å². The molecule has 2 aromatic rings. The third-order valence-corrected chi connectivity index (χ3v) is 3.97. The van der Waals surface area contributed by atoms with E-state index < -0.39 is 0 Å². The van der Waals surface area contributed by atoms with Crippen molar-refractivity contribution in [1.82, 2.24) is 0 Å². The number of nitrogen functional groups attached to an aromatic ring is 1. The van der Waals surface area contributed by atoms with Gasteiger partial charge in [-0.2, -0.15) is 0 Å². The summed E-state index contributed by atoms with van der Waals surface area (Å²) >= 11 is 11.8. The van der Waals surface area contributed by atoms with Crippen molar-refractivity contribution >= 4 is 40.5 Å². The molecule has 0 heterocycles. The number of carbonyl (C=O) groups is 1. The Morgan fingerprint density at radius 1 is 1.10 bits per heavy atom. The predicted octanol–water partition coefficient (Wildman–Crippen LogP) is 4.37. The Hall–Kier alpha value is -1.71. The molecule has 2 rings (SSSR count). The summed E-state index contributed by atoms with van der Waals surface area (Å²) in [4.78, 5) is 12.1. The first-order valence-corrected chi connectivity index (χ1v) is 7.23. The molecule has 0 fully saturated rings. The molecule has 110 valence electrons. The van der Waals surface area contributed by atoms with Crippen LogP contribution in [-0.4, -0.2) is 5.91 Å². The molecule has 0 saturated carbocycles. The van der Waals surface area contributed by atoms with Gasteiger partial charge >= 0.3 is 0 Å². The molecule has 0 spiro atoms. The average Bonchev–Trinajstić information content (AvgIpc) is 2.40. The van der Waals surface area contributed by atoms with Gasteiger partial charge in [-0.05, 0) is 54.8 Å². The van der Waals surface area contributed by atoms with Crippen molar-refractivity contribution in [3.05, 3.63) is 57.1 Å². The number of rotatable bonds is 3. The number of anilines is 2. The van der Waals surface area contributed by atoms with E-state index in [2.05, 4.69) is 5.32 Å². The SMILES string of the molecule is Cc1cc(NC(=O)Cc2ccc(Cl)c(Cl)c2)c(C)cc1N. The lowest BCUT2D eigenvalue weighted by molar-refractivity contribution is -0.115. The van der Waals surface area contributed by atoms with E-state index in [0.717, 1.165) is 28.1 Å². The Bertz CT molecular complexity index is 699. The van der Waals surface area contributed by atoms with Crippen molar-refractivity contribution in [3.63, 3.8) is 0 Å². The third-order valence-electron chi connectivity index (χ3n) is 3.24. The van der Waals surface area contributed by atoms with Crippen LogP contribution in [-0.2, 0) is 11.2 Å². The molecular weight excluding hydrogens is 307 g/mol. The Balaban J connectivity index is 2.11. The summed E-state index contributed by atoms with van der Waals surface area (Å²) in [6.07, 6.45) is 0.236. The molecule has 0 bridgehead atoms. The highest BCUT2D eigenvalue weighted by molar-refractivity contribution is 6.42. The Kier molecular flexibility index (Phi) is 4.76. The Morgan fingerprint density at radius 3 is 2.48 bits per heavy atom. The minimum Gasteiger partial charge on any atom is -0.399 e. The normalized spacial score (nSPS) is 10.5. The van der Waals surface area contributed by atoms with Crippen LogP contribution < -0.4 is 11.1 Å². The van der Waals surface area contributed by atoms with E-state index in [1.807, 2.05) is 26.0 Å². The van der Waals surface area contributed by atoms with E-state index in [1.165, 1.54) is 0 Å². The third kappa shape index (κ3) is 3.90. The highest BCUT2D eigenvalue weighted by atomic mass is 35.5. The fourth-order valence-electron chi connectivity index (χ4n) is 2.00. The number of amides is 1. The number of aryl methyl sites for hydroxylation is 2. The molecule has 0 radical (unpaired) electrons. The zero-order valence-corrected chi connectivity index (χ0v) is 13.3. The van der Waals surface area contributed by atoms with E-state index in [1.54, 1.807) is 18.2 Å². The summed E-state index contributed by atoms with van der Waals surface area (Å²) < 4.78 is 0. The molecule has 3 nitrogen and oxygen atoms in total. The van der Waals surface area contributed by atoms with Crippen LogP contribution in [0.4, 0.5) is 11.4 Å². The number of halogens is 2. The first-order valence-electron chi connectivity index (χ1n) is 6.47. The lowest BCUT2D eigenvalue weighted by Crippen LogP contribution is -2.15. The van der Waals surface area contributed by atoms with Gasteiger partial charge in [-0.25, -0.2) is 0 Å². The van der Waals surface area contributed by atoms with Crippen LogP contribution in [0.5, 0.6) is 0 Å². The maximum atomic E-state index is 12.1. The quantitative estimate of drug-likeness (QED) is 0.824. The fourth-order valence-corrected chi connectivity index (χ4v) is 2.32. The van der Waals surface area contributed by atoms with Gasteiger partial charge in [0.2, 0.25) is 5.91 Å². The van der Waals surface area contributed by atoms with Crippen LogP contribution in [0.2, 0.25) is 10.0 Å². The van der Waals surface area contributed by atoms with Gasteiger partial charge in [-0.1, -0.05) is 29.3 Å². The molecule has 5 heteroatoms. The van der Waals surface area contributed by atoms with Crippen LogP contribution >= 0.6 is 23.2 Å². The lowest BCUT2D eigenvalue weighted by Gasteiger charge is -2.11. The van der Waals surface area contributed by atoms with Crippen LogP contribution in [0.15, 0.2) is 30.3 Å². The fraction of sp³-hybridized carbons (Fsp3) is 0.188. The van der Waals surface area contributed by atoms with E-state index in [-0.39, 0.29) is 12.3 Å². The average molecular weight is 323 g/mol. The molecule has 1 amide bonds. The molecule has 0 aromatic heterocycles. The highest BCUT2D eigenvalue weighted by Crippen LogP contribution is 2.24. The number of benzene rings is 2. The monoisotopic (exact) mass is 322 g/mol. The minimum absolute atomic E-state index is 0.110. The second kappa shape index (κ2) is 6.37. The van der Waals surface area contributed by atoms with E-state index in [9.17, 15) is 4.79 Å². The first-order chi connectivity index (χ1) is 9.86. The van der Waals surface area contributed by atoms with Gasteiger partial charge in [0.1, 0.15) is 0 Å². The Morgan fingerprint density at radius 2 is 1.81 bits per heavy atom. The zero-order chi connectivity index (χ0) is 15.6. The summed E-state index contributed by atoms with van der Waals surface area (Å²) in [5, 5.41) is 3.81. The van der Waals surface area contributed by atoms with Crippen molar-refractivity contribution in [2.45, 2.75) is 20.3 Å². The van der Waals surface area contributed by atoms with E-state index in [4.69, 9.17) is 28.9 Å². The summed E-state index contributed by atoms with van der Waals surface area (Å²) in [6, 6.07) is 8.89. The maximum absolute atomic E-state index is 12.1. The predicted molar refractivity (Wildman–Crippen MR) is 89.1 cm³/mol. The maximum Gasteiger partial charge on any atom is 0.228 e. The number of nitrogens with two attached hydrogens (primary N) is 1. The summed E-state index contributed by atoms with van der Waals surface area (Å²) in [7, 11) is 0. The largest absolute Gasteiger partial charge is 0.399 e. The van der Waals surface area contributed by atoms with Crippen LogP contribution in [0, 0.1) is 13.8 Å². The second-order valence-corrected chi connectivity index (χ2v) is 5.81. The van der Waals surface area contributed by atoms with Crippen molar-refractivity contribution < 1.29 is 4.79 Å². The molecule has 0 aliphatic rings. The van der Waals surface area contributed by atoms with Gasteiger partial charge in [0.25, 0.3) is 0 Å². The molecule has 3 N–H and O–H groups in total. The molecule has 21 heavy (non-hydrogen) atoms. The summed E-state index contributed by atoms with van der Waals surface area (Å²) in [6.45, 7) is 3.81. The molecule has 0 aliphatic carbocycles. The van der Waals surface area contributed by atoms with Crippen molar-refractivity contribution in [2.75, 3.05) is 11.1 Å². The molecule has 0 aliphatic heterocycles. The number of carbonyl (C=O) groups excluding carboxylic acids is 1. The van der Waals surface area contributed by atoms with Crippen LogP contribution in [0.1, 0.15) is 16.7 Å². The second-order valence-electron chi connectivity index (χ2n) is 5.00. The van der Waals surface area contributed by atoms with Gasteiger partial charge in [0.15, 0.2) is 0 Å². The van der Waals surface area contributed by atoms with Crippen molar-refractivity contribution in [2.24, 2.45) is 0 Å². The summed E-state index contributed by atoms with van der Waals surface area (Å²) in [5.74, 6) is -0.110. The van der Waals surface area contributed by atoms with E-state index >= 15 is 0 Å². The number of nitrogens with one attached hydrogen (secondary N) is 1. The Labute approximate surface area is 134 Å². The summed E-state index contributed by atoms with van der Waals surface area (Å²) in [5.41, 5.74) is 10.0. The molecule has 0 saturated heterocycles. The highest BCUT2D eigenvalue weighted by Gasteiger charge is 2.09.